The van der Waals surface area contributed by atoms with Gasteiger partial charge in [-0.2, -0.15) is 4.31 Å². The van der Waals surface area contributed by atoms with E-state index in [1.54, 1.807) is 31.3 Å². The molecule has 0 aliphatic carbocycles. The van der Waals surface area contributed by atoms with Gasteiger partial charge in [-0.05, 0) is 55.2 Å². The molecule has 0 atom stereocenters. The summed E-state index contributed by atoms with van der Waals surface area (Å²) in [6.07, 6.45) is 4.71. The van der Waals surface area contributed by atoms with Crippen LogP contribution in [0, 0.1) is 0 Å². The Morgan fingerprint density at radius 3 is 2.67 bits per heavy atom. The van der Waals surface area contributed by atoms with Gasteiger partial charge in [0.05, 0.1) is 12.4 Å². The van der Waals surface area contributed by atoms with Gasteiger partial charge in [0.1, 0.15) is 0 Å². The van der Waals surface area contributed by atoms with Gasteiger partial charge in [0, 0.05) is 56.8 Å². The highest BCUT2D eigenvalue weighted by molar-refractivity contribution is 7.89. The number of anilines is 1. The van der Waals surface area contributed by atoms with Crippen LogP contribution in [0.5, 0.6) is 0 Å². The van der Waals surface area contributed by atoms with Crippen LogP contribution < -0.4 is 4.90 Å². The molecule has 1 aromatic carbocycles. The van der Waals surface area contributed by atoms with E-state index >= 15 is 0 Å². The minimum Gasteiger partial charge on any atom is -0.380 e. The van der Waals surface area contributed by atoms with Crippen LogP contribution in [0.4, 0.5) is 5.69 Å². The highest BCUT2D eigenvalue weighted by atomic mass is 32.2. The maximum Gasteiger partial charge on any atom is 0.227 e. The lowest BCUT2D eigenvalue weighted by atomic mass is 9.96. The maximum atomic E-state index is 12.5. The zero-order chi connectivity index (χ0) is 21.7. The van der Waals surface area contributed by atoms with Gasteiger partial charge in [-0.1, -0.05) is 6.07 Å². The summed E-state index contributed by atoms with van der Waals surface area (Å²) in [5.41, 5.74) is 4.83. The predicted octanol–water partition coefficient (Wildman–Crippen LogP) is 2.85. The Bertz CT molecular complexity index is 1010. The topological polar surface area (TPSA) is 79.8 Å². The monoisotopic (exact) mass is 431 g/mol. The van der Waals surface area contributed by atoms with E-state index in [4.69, 9.17) is 4.74 Å². The molecule has 2 heterocycles. The third kappa shape index (κ3) is 5.06. The molecule has 0 fully saturated rings. The molecule has 30 heavy (non-hydrogen) atoms. The molecule has 0 spiro atoms. The molecule has 1 amide bonds. The van der Waals surface area contributed by atoms with Crippen LogP contribution in [0.2, 0.25) is 0 Å². The second kappa shape index (κ2) is 9.68. The Morgan fingerprint density at radius 2 is 1.93 bits per heavy atom. The molecule has 3 rings (SSSR count). The van der Waals surface area contributed by atoms with Crippen molar-refractivity contribution in [1.29, 1.82) is 0 Å². The van der Waals surface area contributed by atoms with E-state index in [0.717, 1.165) is 34.4 Å². The van der Waals surface area contributed by atoms with E-state index in [1.807, 2.05) is 25.1 Å². The number of amides is 1. The number of rotatable bonds is 9. The maximum absolute atomic E-state index is 12.5. The highest BCUT2D eigenvalue weighted by Gasteiger charge is 2.22. The fourth-order valence-corrected chi connectivity index (χ4v) is 4.65. The van der Waals surface area contributed by atoms with Crippen LogP contribution >= 0.6 is 0 Å². The first-order chi connectivity index (χ1) is 14.4. The molecular formula is C22H29N3O4S. The number of aromatic nitrogens is 1. The lowest BCUT2D eigenvalue weighted by molar-refractivity contribution is -0.118. The normalized spacial score (nSPS) is 14.3. The third-order valence-corrected chi connectivity index (χ3v) is 7.19. The van der Waals surface area contributed by atoms with E-state index in [2.05, 4.69) is 11.1 Å². The van der Waals surface area contributed by atoms with Gasteiger partial charge < -0.3 is 9.64 Å². The number of fused-ring (bicyclic) bond motifs is 1. The van der Waals surface area contributed by atoms with E-state index in [1.165, 1.54) is 4.31 Å². The number of nitrogens with zero attached hydrogens (tertiary/aromatic N) is 3. The second-order valence-electron chi connectivity index (χ2n) is 7.31. The van der Waals surface area contributed by atoms with Crippen LogP contribution in [-0.4, -0.2) is 56.2 Å². The number of pyridine rings is 1. The summed E-state index contributed by atoms with van der Waals surface area (Å²) in [6.45, 7) is 5.01. The number of hydrogen-bond donors (Lipinski definition) is 0. The minimum absolute atomic E-state index is 0.0449. The zero-order valence-electron chi connectivity index (χ0n) is 17.8. The number of ether oxygens (including phenoxy) is 1. The van der Waals surface area contributed by atoms with Crippen LogP contribution in [0.25, 0.3) is 11.1 Å². The van der Waals surface area contributed by atoms with Crippen LogP contribution in [0.15, 0.2) is 36.7 Å². The van der Waals surface area contributed by atoms with Gasteiger partial charge in [-0.15, -0.1) is 0 Å². The van der Waals surface area contributed by atoms with E-state index < -0.39 is 10.0 Å². The first kappa shape index (κ1) is 22.4. The summed E-state index contributed by atoms with van der Waals surface area (Å²) in [6, 6.07) is 8.01. The molecule has 8 heteroatoms. The SMILES string of the molecule is CCOCCN(Cc1cncc(-c2ccc3c(c2)CCC(=O)N3C)c1)S(=O)(=O)CC. The van der Waals surface area contributed by atoms with Gasteiger partial charge in [0.25, 0.3) is 0 Å². The largest absolute Gasteiger partial charge is 0.380 e. The van der Waals surface area contributed by atoms with Crippen molar-refractivity contribution < 1.29 is 17.9 Å². The molecule has 0 saturated heterocycles. The first-order valence-electron chi connectivity index (χ1n) is 10.2. The molecule has 1 aliphatic heterocycles. The molecule has 0 N–H and O–H groups in total. The molecule has 2 aromatic rings. The number of carbonyl (C=O) groups excluding carboxylic acids is 1. The standard InChI is InChI=1S/C22H29N3O4S/c1-4-29-11-10-25(30(27,28)5-2)16-17-12-20(15-23-14-17)18-6-8-21-19(13-18)7-9-22(26)24(21)3/h6,8,12-15H,4-5,7,9-11,16H2,1-3H3. The van der Waals surface area contributed by atoms with Crippen molar-refractivity contribution in [2.24, 2.45) is 0 Å². The fraction of sp³-hybridized carbons (Fsp3) is 0.455. The van der Waals surface area contributed by atoms with Gasteiger partial charge >= 0.3 is 0 Å². The van der Waals surface area contributed by atoms with Crippen molar-refractivity contribution in [2.75, 3.05) is 37.5 Å². The predicted molar refractivity (Wildman–Crippen MR) is 118 cm³/mol. The molecule has 0 unspecified atom stereocenters. The van der Waals surface area contributed by atoms with Crippen LogP contribution in [-0.2, 0) is 32.5 Å². The highest BCUT2D eigenvalue weighted by Crippen LogP contribution is 2.31. The zero-order valence-corrected chi connectivity index (χ0v) is 18.6. The molecule has 1 aromatic heterocycles. The number of sulfonamides is 1. The molecule has 162 valence electrons. The summed E-state index contributed by atoms with van der Waals surface area (Å²) in [5.74, 6) is 0.173. The summed E-state index contributed by atoms with van der Waals surface area (Å²) < 4.78 is 31.8. The average molecular weight is 432 g/mol. The fourth-order valence-electron chi connectivity index (χ4n) is 3.58. The molecule has 0 radical (unpaired) electrons. The lowest BCUT2D eigenvalue weighted by Gasteiger charge is -2.26. The quantitative estimate of drug-likeness (QED) is 0.571. The lowest BCUT2D eigenvalue weighted by Crippen LogP contribution is -2.34. The van der Waals surface area contributed by atoms with Gasteiger partial charge in [0.15, 0.2) is 0 Å². The number of hydrogen-bond acceptors (Lipinski definition) is 5. The Balaban J connectivity index is 1.84. The Hall–Kier alpha value is -2.29. The van der Waals surface area contributed by atoms with Crippen LogP contribution in [0.1, 0.15) is 31.4 Å². The van der Waals surface area contributed by atoms with Crippen molar-refractivity contribution in [3.63, 3.8) is 0 Å². The van der Waals surface area contributed by atoms with Gasteiger partial charge in [-0.25, -0.2) is 8.42 Å². The molecular weight excluding hydrogens is 402 g/mol. The first-order valence-corrected chi connectivity index (χ1v) is 11.9. The Labute approximate surface area is 178 Å². The summed E-state index contributed by atoms with van der Waals surface area (Å²) in [4.78, 5) is 18.0. The van der Waals surface area contributed by atoms with Crippen molar-refractivity contribution in [2.45, 2.75) is 33.2 Å². The Morgan fingerprint density at radius 1 is 1.13 bits per heavy atom. The molecule has 1 aliphatic rings. The smallest absolute Gasteiger partial charge is 0.227 e. The second-order valence-corrected chi connectivity index (χ2v) is 9.57. The molecule has 0 bridgehead atoms. The van der Waals surface area contributed by atoms with Crippen molar-refractivity contribution in [1.82, 2.24) is 9.29 Å². The number of carbonyl (C=O) groups is 1. The summed E-state index contributed by atoms with van der Waals surface area (Å²) in [5, 5.41) is 0. The van der Waals surface area contributed by atoms with Crippen molar-refractivity contribution >= 4 is 21.6 Å². The minimum atomic E-state index is -3.35. The van der Waals surface area contributed by atoms with E-state index in [9.17, 15) is 13.2 Å². The average Bonchev–Trinajstić information content (AvgIpc) is 2.75. The number of aryl methyl sites for hydroxylation is 1. The summed E-state index contributed by atoms with van der Waals surface area (Å²) >= 11 is 0. The van der Waals surface area contributed by atoms with Gasteiger partial charge in [-0.3, -0.25) is 9.78 Å². The Kier molecular flexibility index (Phi) is 7.23. The molecule has 0 saturated carbocycles. The van der Waals surface area contributed by atoms with E-state index in [0.29, 0.717) is 26.2 Å². The third-order valence-electron chi connectivity index (χ3n) is 5.36. The van der Waals surface area contributed by atoms with Crippen LogP contribution in [0.3, 0.4) is 0 Å². The number of benzene rings is 1. The summed E-state index contributed by atoms with van der Waals surface area (Å²) in [7, 11) is -1.55. The van der Waals surface area contributed by atoms with E-state index in [-0.39, 0.29) is 18.2 Å². The molecule has 7 nitrogen and oxygen atoms in total. The van der Waals surface area contributed by atoms with Gasteiger partial charge in [0.2, 0.25) is 15.9 Å². The van der Waals surface area contributed by atoms with Crippen molar-refractivity contribution in [3.8, 4) is 11.1 Å². The van der Waals surface area contributed by atoms with Crippen molar-refractivity contribution in [3.05, 3.63) is 47.8 Å².